The number of hydrogen-bond donors (Lipinski definition) is 1. The summed E-state index contributed by atoms with van der Waals surface area (Å²) in [5.41, 5.74) is 2.77. The lowest BCUT2D eigenvalue weighted by atomic mass is 9.93. The molecule has 0 fully saturated rings. The molecular weight excluding hydrogens is 266 g/mol. The van der Waals surface area contributed by atoms with Crippen molar-refractivity contribution < 1.29 is 9.53 Å². The Balaban J connectivity index is 2.05. The molecule has 0 aliphatic heterocycles. The Bertz CT molecular complexity index is 701. The average Bonchev–Trinajstić information content (AvgIpc) is 2.89. The molecule has 2 aromatic heterocycles. The summed E-state index contributed by atoms with van der Waals surface area (Å²) >= 11 is 0. The molecule has 0 unspecified atom stereocenters. The molecule has 1 N–H and O–H groups in total. The summed E-state index contributed by atoms with van der Waals surface area (Å²) in [6.07, 6.45) is 7.57. The van der Waals surface area contributed by atoms with Crippen LogP contribution in [0.15, 0.2) is 18.6 Å². The number of aromatic amines is 1. The maximum atomic E-state index is 11.7. The van der Waals surface area contributed by atoms with E-state index in [0.717, 1.165) is 35.0 Å². The van der Waals surface area contributed by atoms with E-state index in [2.05, 4.69) is 28.8 Å². The molecule has 2 heterocycles. The predicted molar refractivity (Wildman–Crippen MR) is 81.1 cm³/mol. The molecule has 2 aromatic rings. The Kier molecular flexibility index (Phi) is 3.73. The largest absolute Gasteiger partial charge is 0.477 e. The Morgan fingerprint density at radius 3 is 2.95 bits per heavy atom. The van der Waals surface area contributed by atoms with E-state index in [-0.39, 0.29) is 5.78 Å². The first kappa shape index (κ1) is 13.8. The van der Waals surface area contributed by atoms with Crippen molar-refractivity contribution in [1.82, 2.24) is 15.0 Å². The number of rotatable bonds is 4. The van der Waals surface area contributed by atoms with Gasteiger partial charge in [-0.1, -0.05) is 13.8 Å². The van der Waals surface area contributed by atoms with Gasteiger partial charge in [0.2, 0.25) is 5.88 Å². The van der Waals surface area contributed by atoms with E-state index in [9.17, 15) is 4.79 Å². The third-order valence-corrected chi connectivity index (χ3v) is 3.54. The molecule has 3 rings (SSSR count). The number of H-pyrrole nitrogens is 1. The first-order valence-corrected chi connectivity index (χ1v) is 7.34. The number of carbonyl (C=O) groups excluding carboxylic acids is 1. The molecular formula is C16H19N3O2. The van der Waals surface area contributed by atoms with Crippen molar-refractivity contribution in [1.29, 1.82) is 0 Å². The summed E-state index contributed by atoms with van der Waals surface area (Å²) in [6, 6.07) is 0. The van der Waals surface area contributed by atoms with Crippen molar-refractivity contribution in [2.45, 2.75) is 33.1 Å². The second kappa shape index (κ2) is 5.68. The van der Waals surface area contributed by atoms with E-state index in [1.54, 1.807) is 6.08 Å². The van der Waals surface area contributed by atoms with Crippen molar-refractivity contribution in [2.24, 2.45) is 5.92 Å². The molecule has 1 aliphatic rings. The van der Waals surface area contributed by atoms with Crippen molar-refractivity contribution in [2.75, 3.05) is 6.61 Å². The number of aromatic nitrogens is 3. The molecule has 0 aromatic carbocycles. The highest BCUT2D eigenvalue weighted by Crippen LogP contribution is 2.34. The maximum Gasteiger partial charge on any atom is 0.226 e. The van der Waals surface area contributed by atoms with Crippen LogP contribution in [-0.4, -0.2) is 27.3 Å². The summed E-state index contributed by atoms with van der Waals surface area (Å²) in [6.45, 7) is 4.80. The number of carbonyl (C=O) groups is 1. The van der Waals surface area contributed by atoms with Crippen LogP contribution in [0, 0.1) is 5.92 Å². The van der Waals surface area contributed by atoms with Gasteiger partial charge in [-0.25, -0.2) is 9.97 Å². The third kappa shape index (κ3) is 2.82. The van der Waals surface area contributed by atoms with Gasteiger partial charge in [-0.15, -0.1) is 0 Å². The monoisotopic (exact) mass is 285 g/mol. The zero-order valence-electron chi connectivity index (χ0n) is 12.3. The highest BCUT2D eigenvalue weighted by Gasteiger charge is 2.18. The number of nitrogens with one attached hydrogen (secondary N) is 1. The molecule has 5 heteroatoms. The summed E-state index contributed by atoms with van der Waals surface area (Å²) in [7, 11) is 0. The van der Waals surface area contributed by atoms with Gasteiger partial charge in [0.05, 0.1) is 12.0 Å². The zero-order valence-corrected chi connectivity index (χ0v) is 12.3. The Morgan fingerprint density at radius 1 is 1.33 bits per heavy atom. The minimum atomic E-state index is 0.187. The summed E-state index contributed by atoms with van der Waals surface area (Å²) in [4.78, 5) is 23.3. The van der Waals surface area contributed by atoms with Gasteiger partial charge in [-0.3, -0.25) is 4.79 Å². The zero-order chi connectivity index (χ0) is 14.8. The summed E-state index contributed by atoms with van der Waals surface area (Å²) in [5, 5.41) is 0.874. The van der Waals surface area contributed by atoms with Crippen LogP contribution < -0.4 is 4.74 Å². The molecule has 0 amide bonds. The molecule has 5 nitrogen and oxygen atoms in total. The predicted octanol–water partition coefficient (Wildman–Crippen LogP) is 3.13. The van der Waals surface area contributed by atoms with E-state index in [1.807, 2.05) is 6.20 Å². The molecule has 110 valence electrons. The molecule has 1 aliphatic carbocycles. The van der Waals surface area contributed by atoms with Crippen LogP contribution in [0.2, 0.25) is 0 Å². The van der Waals surface area contributed by atoms with E-state index in [4.69, 9.17) is 4.74 Å². The minimum absolute atomic E-state index is 0.187. The molecule has 0 saturated carbocycles. The van der Waals surface area contributed by atoms with Crippen LogP contribution in [0.1, 0.15) is 38.7 Å². The molecule has 21 heavy (non-hydrogen) atoms. The van der Waals surface area contributed by atoms with E-state index >= 15 is 0 Å². The van der Waals surface area contributed by atoms with Crippen LogP contribution in [0.5, 0.6) is 5.88 Å². The van der Waals surface area contributed by atoms with Crippen LogP contribution >= 0.6 is 0 Å². The van der Waals surface area contributed by atoms with Crippen LogP contribution in [-0.2, 0) is 4.79 Å². The number of hydrogen-bond acceptors (Lipinski definition) is 4. The van der Waals surface area contributed by atoms with Gasteiger partial charge < -0.3 is 9.72 Å². The lowest BCUT2D eigenvalue weighted by Crippen LogP contribution is -2.07. The van der Waals surface area contributed by atoms with Gasteiger partial charge in [0, 0.05) is 18.2 Å². The fourth-order valence-electron chi connectivity index (χ4n) is 2.55. The number of ketones is 1. The van der Waals surface area contributed by atoms with E-state index in [0.29, 0.717) is 24.8 Å². The topological polar surface area (TPSA) is 67.9 Å². The third-order valence-electron chi connectivity index (χ3n) is 3.54. The highest BCUT2D eigenvalue weighted by atomic mass is 16.5. The van der Waals surface area contributed by atoms with Crippen molar-refractivity contribution in [3.63, 3.8) is 0 Å². The van der Waals surface area contributed by atoms with E-state index < -0.39 is 0 Å². The van der Waals surface area contributed by atoms with Crippen LogP contribution in [0.4, 0.5) is 0 Å². The standard InChI is InChI=1S/C16H19N3O2/c1-10(2)8-21-16-14-13(7-17-15(14)18-9-19-16)11-4-3-5-12(20)6-11/h6-7,9-10H,3-5,8H2,1-2H3,(H,17,18,19). The van der Waals surface area contributed by atoms with Gasteiger partial charge in [-0.2, -0.15) is 0 Å². The Hall–Kier alpha value is -2.17. The second-order valence-corrected chi connectivity index (χ2v) is 5.80. The molecule has 0 saturated heterocycles. The van der Waals surface area contributed by atoms with Crippen molar-refractivity contribution >= 4 is 22.4 Å². The number of allylic oxidation sites excluding steroid dienone is 2. The maximum absolute atomic E-state index is 11.7. The molecule has 0 spiro atoms. The molecule has 0 atom stereocenters. The first-order chi connectivity index (χ1) is 10.1. The van der Waals surface area contributed by atoms with Gasteiger partial charge in [0.15, 0.2) is 5.78 Å². The second-order valence-electron chi connectivity index (χ2n) is 5.80. The smallest absolute Gasteiger partial charge is 0.226 e. The first-order valence-electron chi connectivity index (χ1n) is 7.34. The van der Waals surface area contributed by atoms with Crippen LogP contribution in [0.3, 0.4) is 0 Å². The minimum Gasteiger partial charge on any atom is -0.477 e. The summed E-state index contributed by atoms with van der Waals surface area (Å²) < 4.78 is 5.81. The van der Waals surface area contributed by atoms with Crippen LogP contribution in [0.25, 0.3) is 16.6 Å². The fraction of sp³-hybridized carbons (Fsp3) is 0.438. The molecule has 0 radical (unpaired) electrons. The lowest BCUT2D eigenvalue weighted by molar-refractivity contribution is -0.114. The highest BCUT2D eigenvalue weighted by molar-refractivity contribution is 6.03. The number of ether oxygens (including phenoxy) is 1. The van der Waals surface area contributed by atoms with Gasteiger partial charge in [0.25, 0.3) is 0 Å². The quantitative estimate of drug-likeness (QED) is 0.937. The number of nitrogens with zero attached hydrogens (tertiary/aromatic N) is 2. The van der Waals surface area contributed by atoms with Gasteiger partial charge >= 0.3 is 0 Å². The van der Waals surface area contributed by atoms with Gasteiger partial charge in [0.1, 0.15) is 12.0 Å². The Labute approximate surface area is 123 Å². The van der Waals surface area contributed by atoms with E-state index in [1.165, 1.54) is 6.33 Å². The lowest BCUT2D eigenvalue weighted by Gasteiger charge is -2.13. The normalized spacial score (nSPS) is 15.6. The fourth-order valence-corrected chi connectivity index (χ4v) is 2.55. The van der Waals surface area contributed by atoms with Gasteiger partial charge in [-0.05, 0) is 30.4 Å². The van der Waals surface area contributed by atoms with Crippen molar-refractivity contribution in [3.8, 4) is 5.88 Å². The Morgan fingerprint density at radius 2 is 2.19 bits per heavy atom. The SMILES string of the molecule is CC(C)COc1ncnc2[nH]cc(C3=CC(=O)CCC3)c12. The number of fused-ring (bicyclic) bond motifs is 1. The van der Waals surface area contributed by atoms with Crippen molar-refractivity contribution in [3.05, 3.63) is 24.2 Å². The molecule has 0 bridgehead atoms. The summed E-state index contributed by atoms with van der Waals surface area (Å²) in [5.74, 6) is 1.20. The average molecular weight is 285 g/mol.